The minimum absolute atomic E-state index is 0.0762. The molecule has 6 heteroatoms. The van der Waals surface area contributed by atoms with Crippen LogP contribution in [0, 0.1) is 11.8 Å². The molecule has 2 saturated heterocycles. The number of carbonyl (C=O) groups is 2. The van der Waals surface area contributed by atoms with Gasteiger partial charge >= 0.3 is 6.03 Å². The predicted molar refractivity (Wildman–Crippen MR) is 130 cm³/mol. The fraction of sp³-hybridized carbons (Fsp3) is 0.519. The number of benzene rings is 1. The number of piperidine rings is 1. The lowest BCUT2D eigenvalue weighted by Gasteiger charge is -2.41. The maximum absolute atomic E-state index is 13.9. The van der Waals surface area contributed by atoms with Gasteiger partial charge in [0.1, 0.15) is 5.54 Å². The number of hydrogen-bond acceptors (Lipinski definition) is 4. The highest BCUT2D eigenvalue weighted by Gasteiger charge is 2.55. The first-order chi connectivity index (χ1) is 16.0. The lowest BCUT2D eigenvalue weighted by atomic mass is 9.73. The molecule has 0 aliphatic carbocycles. The zero-order chi connectivity index (χ0) is 23.3. The Morgan fingerprint density at radius 1 is 1.09 bits per heavy atom. The first kappa shape index (κ1) is 23.4. The quantitative estimate of drug-likeness (QED) is 0.591. The molecule has 0 radical (unpaired) electrons. The van der Waals surface area contributed by atoms with Crippen LogP contribution in [0.5, 0.6) is 0 Å². The number of nitrogens with one attached hydrogen (secondary N) is 1. The molecule has 0 bridgehead atoms. The number of imide groups is 1. The van der Waals surface area contributed by atoms with Crippen molar-refractivity contribution in [1.29, 1.82) is 0 Å². The van der Waals surface area contributed by atoms with Gasteiger partial charge < -0.3 is 10.2 Å². The summed E-state index contributed by atoms with van der Waals surface area (Å²) in [6.07, 6.45) is 5.86. The van der Waals surface area contributed by atoms with E-state index in [0.717, 1.165) is 43.7 Å². The average Bonchev–Trinajstić information content (AvgIpc) is 3.08. The number of likely N-dealkylation sites (tertiary alicyclic amines) is 1. The zero-order valence-corrected chi connectivity index (χ0v) is 19.9. The van der Waals surface area contributed by atoms with Crippen molar-refractivity contribution in [1.82, 2.24) is 20.1 Å². The Hall–Kier alpha value is -2.73. The van der Waals surface area contributed by atoms with Crippen LogP contribution in [-0.2, 0) is 17.6 Å². The van der Waals surface area contributed by atoms with Crippen LogP contribution in [0.15, 0.2) is 54.7 Å². The summed E-state index contributed by atoms with van der Waals surface area (Å²) in [4.78, 5) is 35.2. The van der Waals surface area contributed by atoms with Crippen LogP contribution in [0.2, 0.25) is 0 Å². The van der Waals surface area contributed by atoms with Crippen LogP contribution >= 0.6 is 0 Å². The Labute approximate surface area is 197 Å². The van der Waals surface area contributed by atoms with E-state index >= 15 is 0 Å². The monoisotopic (exact) mass is 448 g/mol. The molecular formula is C27H36N4O2. The zero-order valence-electron chi connectivity index (χ0n) is 19.9. The number of urea groups is 1. The van der Waals surface area contributed by atoms with Crippen LogP contribution in [0.25, 0.3) is 0 Å². The first-order valence-corrected chi connectivity index (χ1v) is 12.3. The average molecular weight is 449 g/mol. The highest BCUT2D eigenvalue weighted by Crippen LogP contribution is 2.36. The molecule has 1 aromatic carbocycles. The van der Waals surface area contributed by atoms with Gasteiger partial charge in [-0.1, -0.05) is 56.7 Å². The van der Waals surface area contributed by atoms with E-state index < -0.39 is 5.54 Å². The van der Waals surface area contributed by atoms with E-state index in [2.05, 4.69) is 41.2 Å². The Bertz CT molecular complexity index is 928. The SMILES string of the molecule is CC[C@@H](C)CN1CCC([C@@]2(Cc3ccccc3)NC(=O)N(CCc3ccccn3)C2=O)CC1. The van der Waals surface area contributed by atoms with Gasteiger partial charge in [0, 0.05) is 37.8 Å². The molecule has 2 aliphatic rings. The van der Waals surface area contributed by atoms with Crippen LogP contribution < -0.4 is 5.32 Å². The molecule has 2 atom stereocenters. The first-order valence-electron chi connectivity index (χ1n) is 12.3. The van der Waals surface area contributed by atoms with Gasteiger partial charge in [0.2, 0.25) is 0 Å². The van der Waals surface area contributed by atoms with Gasteiger partial charge in [-0.3, -0.25) is 14.7 Å². The molecule has 3 heterocycles. The number of amides is 3. The van der Waals surface area contributed by atoms with Gasteiger partial charge in [-0.25, -0.2) is 4.79 Å². The fourth-order valence-corrected chi connectivity index (χ4v) is 5.26. The number of nitrogens with zero attached hydrogens (tertiary/aromatic N) is 3. The molecule has 0 unspecified atom stereocenters. The number of rotatable bonds is 9. The lowest BCUT2D eigenvalue weighted by Crippen LogP contribution is -2.57. The minimum atomic E-state index is -0.870. The molecule has 3 amide bonds. The van der Waals surface area contributed by atoms with Crippen LogP contribution in [0.1, 0.15) is 44.4 Å². The molecule has 33 heavy (non-hydrogen) atoms. The van der Waals surface area contributed by atoms with Crippen molar-refractivity contribution in [3.8, 4) is 0 Å². The van der Waals surface area contributed by atoms with Gasteiger partial charge in [0.25, 0.3) is 5.91 Å². The van der Waals surface area contributed by atoms with E-state index in [1.807, 2.05) is 36.4 Å². The largest absolute Gasteiger partial charge is 0.325 e. The Balaban J connectivity index is 1.52. The summed E-state index contributed by atoms with van der Waals surface area (Å²) >= 11 is 0. The van der Waals surface area contributed by atoms with Crippen LogP contribution in [0.3, 0.4) is 0 Å². The molecule has 2 aromatic rings. The Morgan fingerprint density at radius 2 is 1.82 bits per heavy atom. The molecular weight excluding hydrogens is 412 g/mol. The predicted octanol–water partition coefficient (Wildman–Crippen LogP) is 3.92. The second kappa shape index (κ2) is 10.5. The lowest BCUT2D eigenvalue weighted by molar-refractivity contribution is -0.134. The second-order valence-corrected chi connectivity index (χ2v) is 9.68. The molecule has 0 spiro atoms. The highest BCUT2D eigenvalue weighted by molar-refractivity contribution is 6.07. The smallest absolute Gasteiger partial charge is 0.322 e. The van der Waals surface area contributed by atoms with Gasteiger partial charge in [0.15, 0.2) is 0 Å². The van der Waals surface area contributed by atoms with E-state index in [1.54, 1.807) is 6.20 Å². The van der Waals surface area contributed by atoms with Gasteiger partial charge in [-0.05, 0) is 55.5 Å². The van der Waals surface area contributed by atoms with E-state index in [4.69, 9.17) is 0 Å². The summed E-state index contributed by atoms with van der Waals surface area (Å²) in [5.41, 5.74) is 1.10. The molecule has 1 N–H and O–H groups in total. The van der Waals surface area contributed by atoms with Gasteiger partial charge in [0.05, 0.1) is 0 Å². The van der Waals surface area contributed by atoms with Crippen molar-refractivity contribution in [3.05, 3.63) is 66.0 Å². The topological polar surface area (TPSA) is 65.5 Å². The highest BCUT2D eigenvalue weighted by atomic mass is 16.2. The van der Waals surface area contributed by atoms with Gasteiger partial charge in [-0.2, -0.15) is 0 Å². The summed E-state index contributed by atoms with van der Waals surface area (Å²) in [6.45, 7) is 7.93. The molecule has 4 rings (SSSR count). The van der Waals surface area contributed by atoms with Crippen molar-refractivity contribution < 1.29 is 9.59 Å². The number of pyridine rings is 1. The van der Waals surface area contributed by atoms with Crippen molar-refractivity contribution in [3.63, 3.8) is 0 Å². The molecule has 2 fully saturated rings. The third-order valence-electron chi connectivity index (χ3n) is 7.40. The van der Waals surface area contributed by atoms with Crippen molar-refractivity contribution in [2.75, 3.05) is 26.2 Å². The maximum atomic E-state index is 13.9. The van der Waals surface area contributed by atoms with Gasteiger partial charge in [-0.15, -0.1) is 0 Å². The summed E-state index contributed by atoms with van der Waals surface area (Å²) in [6, 6.07) is 15.5. The van der Waals surface area contributed by atoms with Crippen LogP contribution in [-0.4, -0.2) is 58.4 Å². The summed E-state index contributed by atoms with van der Waals surface area (Å²) in [5.74, 6) is 0.726. The van der Waals surface area contributed by atoms with Crippen molar-refractivity contribution in [2.45, 2.75) is 51.5 Å². The maximum Gasteiger partial charge on any atom is 0.325 e. The molecule has 6 nitrogen and oxygen atoms in total. The van der Waals surface area contributed by atoms with E-state index in [-0.39, 0.29) is 17.9 Å². The minimum Gasteiger partial charge on any atom is -0.322 e. The van der Waals surface area contributed by atoms with E-state index in [0.29, 0.717) is 25.3 Å². The standard InChI is InChI=1S/C27H36N4O2/c1-3-21(2)20-30-16-12-23(13-17-30)27(19-22-9-5-4-6-10-22)25(32)31(26(33)29-27)18-14-24-11-7-8-15-28-24/h4-11,15,21,23H,3,12-14,16-20H2,1-2H3,(H,29,33)/t21-,27-/m1/s1. The molecule has 176 valence electrons. The number of aromatic nitrogens is 1. The summed E-state index contributed by atoms with van der Waals surface area (Å²) in [7, 11) is 0. The number of carbonyl (C=O) groups excluding carboxylic acids is 2. The third-order valence-corrected chi connectivity index (χ3v) is 7.40. The summed E-state index contributed by atoms with van der Waals surface area (Å²) < 4.78 is 0. The fourth-order valence-electron chi connectivity index (χ4n) is 5.26. The number of hydrogen-bond donors (Lipinski definition) is 1. The van der Waals surface area contributed by atoms with Crippen molar-refractivity contribution >= 4 is 11.9 Å². The van der Waals surface area contributed by atoms with E-state index in [1.165, 1.54) is 11.3 Å². The van der Waals surface area contributed by atoms with E-state index in [9.17, 15) is 9.59 Å². The second-order valence-electron chi connectivity index (χ2n) is 9.68. The molecule has 1 aromatic heterocycles. The third kappa shape index (κ3) is 5.27. The summed E-state index contributed by atoms with van der Waals surface area (Å²) in [5, 5.41) is 3.19. The van der Waals surface area contributed by atoms with Crippen LogP contribution in [0.4, 0.5) is 4.79 Å². The Morgan fingerprint density at radius 3 is 2.48 bits per heavy atom. The van der Waals surface area contributed by atoms with Crippen molar-refractivity contribution in [2.24, 2.45) is 11.8 Å². The molecule has 0 saturated carbocycles. The normalized spacial score (nSPS) is 23.0. The Kier molecular flexibility index (Phi) is 7.43. The molecule has 2 aliphatic heterocycles.